The first-order valence-corrected chi connectivity index (χ1v) is 12.2. The van der Waals surface area contributed by atoms with Crippen molar-refractivity contribution in [3.05, 3.63) is 89.9 Å². The number of β-lactam (4-membered cyclic amide) rings is 1. The van der Waals surface area contributed by atoms with E-state index >= 15 is 0 Å². The number of aliphatic carboxylic acids is 1. The van der Waals surface area contributed by atoms with Crippen LogP contribution in [0.2, 0.25) is 0 Å². The first-order chi connectivity index (χ1) is 18.4. The van der Waals surface area contributed by atoms with Crippen molar-refractivity contribution < 1.29 is 28.6 Å². The third-order valence-corrected chi connectivity index (χ3v) is 6.55. The fraction of sp³-hybridized carbons (Fsp3) is 0.241. The number of aryl methyl sites for hydroxylation is 1. The van der Waals surface area contributed by atoms with Crippen molar-refractivity contribution in [3.63, 3.8) is 0 Å². The highest BCUT2D eigenvalue weighted by Gasteiger charge is 2.52. The number of hydrogen-bond acceptors (Lipinski definition) is 7. The highest BCUT2D eigenvalue weighted by atomic mass is 16.5. The summed E-state index contributed by atoms with van der Waals surface area (Å²) in [6.07, 6.45) is 2.30. The highest BCUT2D eigenvalue weighted by molar-refractivity contribution is 6.10. The van der Waals surface area contributed by atoms with Gasteiger partial charge in [-0.15, -0.1) is 0 Å². The molecule has 9 heteroatoms. The Bertz CT molecular complexity index is 1430. The Labute approximate surface area is 219 Å². The summed E-state index contributed by atoms with van der Waals surface area (Å²) in [6.45, 7) is 2.28. The lowest BCUT2D eigenvalue weighted by Gasteiger charge is -2.44. The summed E-state index contributed by atoms with van der Waals surface area (Å²) < 4.78 is 16.8. The monoisotopic (exact) mass is 513 g/mol. The number of pyridine rings is 1. The molecule has 4 aromatic rings. The molecule has 0 aliphatic carbocycles. The quantitative estimate of drug-likeness (QED) is 0.312. The average molecular weight is 514 g/mol. The van der Waals surface area contributed by atoms with E-state index in [1.807, 2.05) is 61.5 Å². The molecule has 2 aromatic heterocycles. The van der Waals surface area contributed by atoms with Gasteiger partial charge in [-0.3, -0.25) is 9.69 Å². The summed E-state index contributed by atoms with van der Waals surface area (Å²) in [5, 5.41) is 9.83. The minimum absolute atomic E-state index is 0.258. The molecule has 2 unspecified atom stereocenters. The van der Waals surface area contributed by atoms with Gasteiger partial charge in [0.2, 0.25) is 17.7 Å². The van der Waals surface area contributed by atoms with Crippen LogP contribution >= 0.6 is 0 Å². The maximum atomic E-state index is 12.9. The van der Waals surface area contributed by atoms with Gasteiger partial charge in [-0.05, 0) is 49.2 Å². The van der Waals surface area contributed by atoms with Crippen molar-refractivity contribution in [1.29, 1.82) is 0 Å². The number of oxazole rings is 1. The Morgan fingerprint density at radius 1 is 1.11 bits per heavy atom. The molecule has 1 fully saturated rings. The maximum absolute atomic E-state index is 12.9. The van der Waals surface area contributed by atoms with Crippen molar-refractivity contribution in [3.8, 4) is 23.1 Å². The van der Waals surface area contributed by atoms with Gasteiger partial charge in [0, 0.05) is 18.1 Å². The van der Waals surface area contributed by atoms with Crippen molar-refractivity contribution >= 4 is 17.6 Å². The van der Waals surface area contributed by atoms with Gasteiger partial charge in [-0.1, -0.05) is 30.3 Å². The third-order valence-electron chi connectivity index (χ3n) is 6.55. The topological polar surface area (TPSA) is 115 Å². The number of rotatable bonds is 10. The SMILES string of the molecule is COc1ccc(N2C(=O)C(Cc3cccc(OCCc4nc(-c5ccccc5)oc4C)c3)C2C(=O)O)cn1. The van der Waals surface area contributed by atoms with Crippen LogP contribution < -0.4 is 14.4 Å². The zero-order chi connectivity index (χ0) is 26.6. The molecular weight excluding hydrogens is 486 g/mol. The molecule has 0 saturated carbocycles. The van der Waals surface area contributed by atoms with Crippen LogP contribution in [0.1, 0.15) is 17.0 Å². The van der Waals surface area contributed by atoms with Crippen molar-refractivity contribution in [2.45, 2.75) is 25.8 Å². The van der Waals surface area contributed by atoms with Gasteiger partial charge in [0.05, 0.1) is 37.2 Å². The Kier molecular flexibility index (Phi) is 7.08. The molecule has 1 N–H and O–H groups in total. The van der Waals surface area contributed by atoms with E-state index in [4.69, 9.17) is 13.9 Å². The number of aromatic nitrogens is 2. The van der Waals surface area contributed by atoms with Crippen LogP contribution in [0.3, 0.4) is 0 Å². The van der Waals surface area contributed by atoms with E-state index in [0.29, 0.717) is 36.2 Å². The molecule has 5 rings (SSSR count). The molecule has 3 heterocycles. The van der Waals surface area contributed by atoms with Crippen LogP contribution in [-0.2, 0) is 22.4 Å². The van der Waals surface area contributed by atoms with Crippen molar-refractivity contribution in [2.24, 2.45) is 5.92 Å². The molecule has 38 heavy (non-hydrogen) atoms. The molecule has 2 aromatic carbocycles. The summed E-state index contributed by atoms with van der Waals surface area (Å²) in [5.74, 6) is 0.360. The van der Waals surface area contributed by atoms with Gasteiger partial charge < -0.3 is 19.0 Å². The highest BCUT2D eigenvalue weighted by Crippen LogP contribution is 2.35. The molecule has 9 nitrogen and oxygen atoms in total. The minimum Gasteiger partial charge on any atom is -0.493 e. The van der Waals surface area contributed by atoms with Crippen LogP contribution in [-0.4, -0.2) is 46.7 Å². The number of amides is 1. The fourth-order valence-electron chi connectivity index (χ4n) is 4.60. The Morgan fingerprint density at radius 2 is 1.92 bits per heavy atom. The zero-order valence-corrected chi connectivity index (χ0v) is 21.0. The smallest absolute Gasteiger partial charge is 0.327 e. The number of carbonyl (C=O) groups is 2. The molecular formula is C29H27N3O6. The van der Waals surface area contributed by atoms with E-state index in [1.54, 1.807) is 12.1 Å². The molecule has 1 saturated heterocycles. The van der Waals surface area contributed by atoms with E-state index in [-0.39, 0.29) is 12.3 Å². The van der Waals surface area contributed by atoms with Gasteiger partial charge in [-0.25, -0.2) is 14.8 Å². The number of nitrogens with zero attached hydrogens (tertiary/aromatic N) is 3. The average Bonchev–Trinajstić information content (AvgIpc) is 3.31. The summed E-state index contributed by atoms with van der Waals surface area (Å²) in [5.41, 5.74) is 3.00. The number of carboxylic acids is 1. The Balaban J connectivity index is 1.21. The zero-order valence-electron chi connectivity index (χ0n) is 21.0. The largest absolute Gasteiger partial charge is 0.493 e. The van der Waals surface area contributed by atoms with E-state index in [9.17, 15) is 14.7 Å². The number of hydrogen-bond donors (Lipinski definition) is 1. The van der Waals surface area contributed by atoms with Crippen LogP contribution in [0.4, 0.5) is 5.69 Å². The summed E-state index contributed by atoms with van der Waals surface area (Å²) in [4.78, 5) is 34.9. The van der Waals surface area contributed by atoms with Gasteiger partial charge in [-0.2, -0.15) is 0 Å². The summed E-state index contributed by atoms with van der Waals surface area (Å²) in [6, 6.07) is 19.3. The number of anilines is 1. The van der Waals surface area contributed by atoms with Crippen molar-refractivity contribution in [1.82, 2.24) is 9.97 Å². The lowest BCUT2D eigenvalue weighted by molar-refractivity contribution is -0.149. The Morgan fingerprint density at radius 3 is 2.63 bits per heavy atom. The molecule has 0 spiro atoms. The van der Waals surface area contributed by atoms with Gasteiger partial charge >= 0.3 is 5.97 Å². The molecule has 2 atom stereocenters. The minimum atomic E-state index is -1.06. The second-order valence-corrected chi connectivity index (χ2v) is 8.99. The maximum Gasteiger partial charge on any atom is 0.327 e. The predicted molar refractivity (Wildman–Crippen MR) is 139 cm³/mol. The van der Waals surface area contributed by atoms with Crippen molar-refractivity contribution in [2.75, 3.05) is 18.6 Å². The number of ether oxygens (including phenoxy) is 2. The van der Waals surface area contributed by atoms with Crippen LogP contribution in [0.15, 0.2) is 77.3 Å². The van der Waals surface area contributed by atoms with E-state index in [2.05, 4.69) is 9.97 Å². The second-order valence-electron chi connectivity index (χ2n) is 8.99. The number of carbonyl (C=O) groups excluding carboxylic acids is 1. The molecule has 1 aliphatic rings. The lowest BCUT2D eigenvalue weighted by atomic mass is 9.82. The van der Waals surface area contributed by atoms with Gasteiger partial charge in [0.25, 0.3) is 0 Å². The second kappa shape index (κ2) is 10.8. The normalized spacial score (nSPS) is 16.7. The van der Waals surface area contributed by atoms with Gasteiger partial charge in [0.1, 0.15) is 17.6 Å². The van der Waals surface area contributed by atoms with E-state index in [1.165, 1.54) is 18.2 Å². The predicted octanol–water partition coefficient (Wildman–Crippen LogP) is 4.33. The van der Waals surface area contributed by atoms with E-state index in [0.717, 1.165) is 22.6 Å². The first kappa shape index (κ1) is 25.0. The lowest BCUT2D eigenvalue weighted by Crippen LogP contribution is -2.65. The summed E-state index contributed by atoms with van der Waals surface area (Å²) in [7, 11) is 1.49. The molecule has 0 bridgehead atoms. The molecule has 1 aliphatic heterocycles. The number of methoxy groups -OCH3 is 1. The summed E-state index contributed by atoms with van der Waals surface area (Å²) >= 11 is 0. The standard InChI is InChI=1S/C29H27N3O6/c1-18-24(31-27(38-18)20-8-4-3-5-9-20)13-14-37-22-10-6-7-19(15-22)16-23-26(29(34)35)32(28(23)33)21-11-12-25(36-2)30-17-21/h3-12,15,17,23,26H,13-14,16H2,1-2H3,(H,34,35). The van der Waals surface area contributed by atoms with Crippen LogP contribution in [0.25, 0.3) is 11.5 Å². The number of benzene rings is 2. The Hall–Kier alpha value is -4.66. The molecule has 194 valence electrons. The van der Waals surface area contributed by atoms with E-state index < -0.39 is 17.9 Å². The van der Waals surface area contributed by atoms with Crippen LogP contribution in [0, 0.1) is 12.8 Å². The number of carboxylic acid groups (broad SMARTS) is 1. The van der Waals surface area contributed by atoms with Crippen LogP contribution in [0.5, 0.6) is 11.6 Å². The first-order valence-electron chi connectivity index (χ1n) is 12.2. The molecule has 0 radical (unpaired) electrons. The van der Waals surface area contributed by atoms with Gasteiger partial charge in [0.15, 0.2) is 0 Å². The fourth-order valence-corrected chi connectivity index (χ4v) is 4.60. The molecule has 1 amide bonds. The third kappa shape index (κ3) is 5.08.